The molecule has 3 heterocycles. The Bertz CT molecular complexity index is 772. The van der Waals surface area contributed by atoms with Crippen molar-refractivity contribution >= 4 is 11.6 Å². The molecule has 154 valence electrons. The summed E-state index contributed by atoms with van der Waals surface area (Å²) in [5, 5.41) is 16.6. The molecular formula is C23H30N4O2. The van der Waals surface area contributed by atoms with Crippen LogP contribution in [0, 0.1) is 5.92 Å². The molecule has 1 N–H and O–H groups in total. The molecule has 1 amide bonds. The van der Waals surface area contributed by atoms with Crippen LogP contribution in [0.25, 0.3) is 0 Å². The Hall–Kier alpha value is -2.31. The molecule has 3 aliphatic rings. The van der Waals surface area contributed by atoms with Gasteiger partial charge in [0.1, 0.15) is 6.10 Å². The lowest BCUT2D eigenvalue weighted by Crippen LogP contribution is -2.29. The zero-order valence-corrected chi connectivity index (χ0v) is 17.0. The van der Waals surface area contributed by atoms with Gasteiger partial charge in [0.05, 0.1) is 0 Å². The molecule has 3 fully saturated rings. The smallest absolute Gasteiger partial charge is 0.255 e. The van der Waals surface area contributed by atoms with E-state index in [9.17, 15) is 9.90 Å². The van der Waals surface area contributed by atoms with Crippen molar-refractivity contribution in [3.63, 3.8) is 0 Å². The first-order valence-corrected chi connectivity index (χ1v) is 10.7. The first-order valence-electron chi connectivity index (χ1n) is 10.7. The second-order valence-electron chi connectivity index (χ2n) is 8.39. The van der Waals surface area contributed by atoms with E-state index in [0.717, 1.165) is 17.6 Å². The standard InChI is InChI=1S/C19H26N2O2.C4H4N2/c1-13-3-2-9-20(13)12-15-11-17(15)14-4-6-16(7-5-14)21-10-8-18(22)19(21)23;1-2-4-6-5-3-1/h4-7,13,15,17-18,22H,2-3,8-12H2,1H3;1-4H/t13-,15+,17+,18-;/m0./s1. The summed E-state index contributed by atoms with van der Waals surface area (Å²) >= 11 is 0. The minimum absolute atomic E-state index is 0.162. The van der Waals surface area contributed by atoms with E-state index < -0.39 is 6.10 Å². The number of aliphatic hydroxyl groups excluding tert-OH is 1. The molecular weight excluding hydrogens is 364 g/mol. The number of benzene rings is 1. The number of amides is 1. The van der Waals surface area contributed by atoms with Crippen molar-refractivity contribution in [1.82, 2.24) is 15.1 Å². The van der Waals surface area contributed by atoms with Crippen LogP contribution in [0.15, 0.2) is 48.8 Å². The van der Waals surface area contributed by atoms with Crippen molar-refractivity contribution in [3.05, 3.63) is 54.4 Å². The summed E-state index contributed by atoms with van der Waals surface area (Å²) in [5.74, 6) is 1.33. The molecule has 0 radical (unpaired) electrons. The van der Waals surface area contributed by atoms with Gasteiger partial charge < -0.3 is 14.9 Å². The average Bonchev–Trinajstić information content (AvgIpc) is 3.30. The lowest BCUT2D eigenvalue weighted by molar-refractivity contribution is -0.123. The van der Waals surface area contributed by atoms with Crippen LogP contribution in [-0.4, -0.2) is 57.9 Å². The van der Waals surface area contributed by atoms with Gasteiger partial charge in [0, 0.05) is 43.6 Å². The van der Waals surface area contributed by atoms with Crippen LogP contribution in [0.3, 0.4) is 0 Å². The zero-order chi connectivity index (χ0) is 20.2. The molecule has 2 aromatic rings. The Morgan fingerprint density at radius 1 is 1.07 bits per heavy atom. The van der Waals surface area contributed by atoms with Gasteiger partial charge in [0.15, 0.2) is 0 Å². The molecule has 0 spiro atoms. The van der Waals surface area contributed by atoms with Gasteiger partial charge in [-0.15, -0.1) is 0 Å². The van der Waals surface area contributed by atoms with Gasteiger partial charge in [-0.1, -0.05) is 12.1 Å². The maximum Gasteiger partial charge on any atom is 0.255 e. The molecule has 4 atom stereocenters. The highest BCUT2D eigenvalue weighted by Gasteiger charge is 2.40. The third kappa shape index (κ3) is 4.82. The van der Waals surface area contributed by atoms with Crippen LogP contribution in [0.2, 0.25) is 0 Å². The van der Waals surface area contributed by atoms with Crippen molar-refractivity contribution in [1.29, 1.82) is 0 Å². The summed E-state index contributed by atoms with van der Waals surface area (Å²) in [4.78, 5) is 16.2. The summed E-state index contributed by atoms with van der Waals surface area (Å²) in [5.41, 5.74) is 2.32. The van der Waals surface area contributed by atoms with E-state index >= 15 is 0 Å². The minimum Gasteiger partial charge on any atom is -0.383 e. The number of nitrogens with zero attached hydrogens (tertiary/aromatic N) is 4. The molecule has 1 aliphatic carbocycles. The fourth-order valence-electron chi connectivity index (χ4n) is 4.50. The number of likely N-dealkylation sites (tertiary alicyclic amines) is 1. The molecule has 1 aromatic carbocycles. The van der Waals surface area contributed by atoms with Crippen LogP contribution in [0.4, 0.5) is 5.69 Å². The number of rotatable bonds is 4. The quantitative estimate of drug-likeness (QED) is 0.864. The molecule has 2 saturated heterocycles. The Labute approximate surface area is 172 Å². The number of aliphatic hydroxyl groups is 1. The predicted octanol–water partition coefficient (Wildman–Crippen LogP) is 2.85. The third-order valence-corrected chi connectivity index (χ3v) is 6.38. The van der Waals surface area contributed by atoms with E-state index in [0.29, 0.717) is 18.9 Å². The molecule has 29 heavy (non-hydrogen) atoms. The predicted molar refractivity (Wildman–Crippen MR) is 113 cm³/mol. The lowest BCUT2D eigenvalue weighted by atomic mass is 10.1. The molecule has 0 bridgehead atoms. The Morgan fingerprint density at radius 2 is 1.79 bits per heavy atom. The molecule has 5 rings (SSSR count). The number of hydrogen-bond donors (Lipinski definition) is 1. The van der Waals surface area contributed by atoms with Crippen molar-refractivity contribution in [2.24, 2.45) is 5.92 Å². The number of carbonyl (C=O) groups excluding carboxylic acids is 1. The summed E-state index contributed by atoms with van der Waals surface area (Å²) in [6.07, 6.45) is 7.00. The first-order chi connectivity index (χ1) is 14.1. The number of hydrogen-bond acceptors (Lipinski definition) is 5. The fraction of sp³-hybridized carbons (Fsp3) is 0.522. The van der Waals surface area contributed by atoms with Crippen LogP contribution in [0.5, 0.6) is 0 Å². The Kier molecular flexibility index (Phi) is 6.21. The summed E-state index contributed by atoms with van der Waals surface area (Å²) in [7, 11) is 0. The highest BCUT2D eigenvalue weighted by Crippen LogP contribution is 2.48. The van der Waals surface area contributed by atoms with E-state index in [1.54, 1.807) is 17.3 Å². The van der Waals surface area contributed by atoms with E-state index in [4.69, 9.17) is 0 Å². The molecule has 1 aromatic heterocycles. The minimum atomic E-state index is -0.815. The molecule has 1 saturated carbocycles. The van der Waals surface area contributed by atoms with Gasteiger partial charge in [-0.3, -0.25) is 4.79 Å². The third-order valence-electron chi connectivity index (χ3n) is 6.38. The van der Waals surface area contributed by atoms with Crippen molar-refractivity contribution in [3.8, 4) is 0 Å². The number of carbonyl (C=O) groups is 1. The second-order valence-corrected chi connectivity index (χ2v) is 8.39. The van der Waals surface area contributed by atoms with Crippen LogP contribution in [0.1, 0.15) is 44.1 Å². The largest absolute Gasteiger partial charge is 0.383 e. The van der Waals surface area contributed by atoms with Gasteiger partial charge in [-0.25, -0.2) is 0 Å². The van der Waals surface area contributed by atoms with Crippen molar-refractivity contribution in [2.45, 2.75) is 50.7 Å². The zero-order valence-electron chi connectivity index (χ0n) is 17.0. The lowest BCUT2D eigenvalue weighted by Gasteiger charge is -2.21. The van der Waals surface area contributed by atoms with Gasteiger partial charge in [-0.2, -0.15) is 10.2 Å². The topological polar surface area (TPSA) is 69.6 Å². The maximum atomic E-state index is 11.9. The van der Waals surface area contributed by atoms with Crippen molar-refractivity contribution in [2.75, 3.05) is 24.5 Å². The summed E-state index contributed by atoms with van der Waals surface area (Å²) in [6, 6.07) is 12.8. The molecule has 6 heteroatoms. The maximum absolute atomic E-state index is 11.9. The van der Waals surface area contributed by atoms with Crippen LogP contribution in [-0.2, 0) is 4.79 Å². The van der Waals surface area contributed by atoms with Gasteiger partial charge in [0.2, 0.25) is 0 Å². The van der Waals surface area contributed by atoms with E-state index in [-0.39, 0.29) is 5.91 Å². The second kappa shape index (κ2) is 9.01. The normalized spacial score (nSPS) is 28.9. The van der Waals surface area contributed by atoms with Crippen LogP contribution >= 0.6 is 0 Å². The SMILES string of the molecule is C[C@H]1CCCN1C[C@H]1C[C@@H]1c1ccc(N2CC[C@H](O)C2=O)cc1.c1ccnnc1. The Balaban J connectivity index is 0.000000294. The average molecular weight is 395 g/mol. The van der Waals surface area contributed by atoms with Crippen LogP contribution < -0.4 is 4.90 Å². The monoisotopic (exact) mass is 394 g/mol. The number of aromatic nitrogens is 2. The summed E-state index contributed by atoms with van der Waals surface area (Å²) < 4.78 is 0. The highest BCUT2D eigenvalue weighted by atomic mass is 16.3. The van der Waals surface area contributed by atoms with Gasteiger partial charge in [-0.05, 0) is 74.4 Å². The Morgan fingerprint density at radius 3 is 2.31 bits per heavy atom. The fourth-order valence-corrected chi connectivity index (χ4v) is 4.50. The summed E-state index contributed by atoms with van der Waals surface area (Å²) in [6.45, 7) is 5.48. The van der Waals surface area contributed by atoms with Gasteiger partial charge in [0.25, 0.3) is 5.91 Å². The van der Waals surface area contributed by atoms with Gasteiger partial charge >= 0.3 is 0 Å². The highest BCUT2D eigenvalue weighted by molar-refractivity contribution is 5.98. The van der Waals surface area contributed by atoms with E-state index in [1.807, 2.05) is 24.3 Å². The van der Waals surface area contributed by atoms with Crippen molar-refractivity contribution < 1.29 is 9.90 Å². The van der Waals surface area contributed by atoms with E-state index in [2.05, 4.69) is 34.2 Å². The molecule has 6 nitrogen and oxygen atoms in total. The molecule has 0 unspecified atom stereocenters. The number of anilines is 1. The van der Waals surface area contributed by atoms with E-state index in [1.165, 1.54) is 37.9 Å². The molecule has 2 aliphatic heterocycles. The first kappa shape index (κ1) is 20.0.